The van der Waals surface area contributed by atoms with E-state index in [0.717, 1.165) is 11.5 Å². The normalized spacial score (nSPS) is 28.9. The van der Waals surface area contributed by atoms with Crippen molar-refractivity contribution in [1.29, 1.82) is 0 Å². The van der Waals surface area contributed by atoms with Crippen molar-refractivity contribution in [3.8, 4) is 0 Å². The molecule has 38 heavy (non-hydrogen) atoms. The minimum absolute atomic E-state index is 0.0293. The van der Waals surface area contributed by atoms with E-state index in [-0.39, 0.29) is 55.6 Å². The van der Waals surface area contributed by atoms with Gasteiger partial charge in [-0.25, -0.2) is 4.79 Å². The average molecular weight is 533 g/mol. The van der Waals surface area contributed by atoms with Crippen molar-refractivity contribution in [2.24, 2.45) is 11.3 Å². The summed E-state index contributed by atoms with van der Waals surface area (Å²) in [4.78, 5) is 56.3. The molecule has 1 aliphatic heterocycles. The standard InChI is InChI=1S/C27H36N2O9/c1-25(2,3)38-24(33)28(36-17-18-8-4-5-10-20(18)29(34)35)15-7-13-26-19(9-6-11-21(26)30)16-22(31)27(26)14-12-23(32)37-27/h4-5,8,10,19,23,32H,6-7,9,11-17H2,1-3H3/t19-,23?,26+,27-/m0/s1. The van der Waals surface area contributed by atoms with E-state index in [1.165, 1.54) is 6.07 Å². The highest BCUT2D eigenvalue weighted by Gasteiger charge is 2.71. The van der Waals surface area contributed by atoms with Crippen molar-refractivity contribution < 1.29 is 38.7 Å². The van der Waals surface area contributed by atoms with Gasteiger partial charge in [0.15, 0.2) is 12.1 Å². The van der Waals surface area contributed by atoms with Gasteiger partial charge in [-0.15, -0.1) is 0 Å². The molecule has 3 aliphatic rings. The lowest BCUT2D eigenvalue weighted by molar-refractivity contribution is -0.386. The van der Waals surface area contributed by atoms with E-state index in [0.29, 0.717) is 31.2 Å². The highest BCUT2D eigenvalue weighted by Crippen LogP contribution is 2.62. The quantitative estimate of drug-likeness (QED) is 0.384. The number of hydrogen-bond acceptors (Lipinski definition) is 9. The van der Waals surface area contributed by atoms with Crippen LogP contribution in [0.25, 0.3) is 0 Å². The molecule has 11 heteroatoms. The Morgan fingerprint density at radius 1 is 1.24 bits per heavy atom. The number of ketones is 2. The van der Waals surface area contributed by atoms with Gasteiger partial charge >= 0.3 is 6.09 Å². The average Bonchev–Trinajstić information content (AvgIpc) is 3.34. The number of carbonyl (C=O) groups is 3. The third-order valence-corrected chi connectivity index (χ3v) is 7.93. The maximum Gasteiger partial charge on any atom is 0.434 e. The predicted octanol–water partition coefficient (Wildman–Crippen LogP) is 4.24. The molecule has 1 amide bonds. The van der Waals surface area contributed by atoms with Gasteiger partial charge < -0.3 is 14.6 Å². The molecule has 0 bridgehead atoms. The zero-order valence-corrected chi connectivity index (χ0v) is 22.1. The number of aliphatic hydroxyl groups is 1. The Morgan fingerprint density at radius 3 is 2.63 bits per heavy atom. The van der Waals surface area contributed by atoms with Crippen molar-refractivity contribution in [2.75, 3.05) is 6.54 Å². The lowest BCUT2D eigenvalue weighted by Crippen LogP contribution is -2.57. The van der Waals surface area contributed by atoms with Crippen molar-refractivity contribution in [3.63, 3.8) is 0 Å². The van der Waals surface area contributed by atoms with Gasteiger partial charge in [0.1, 0.15) is 23.6 Å². The molecule has 3 fully saturated rings. The lowest BCUT2D eigenvalue weighted by atomic mass is 9.58. The predicted molar refractivity (Wildman–Crippen MR) is 134 cm³/mol. The number of nitro groups is 1. The topological polar surface area (TPSA) is 146 Å². The van der Waals surface area contributed by atoms with Crippen LogP contribution in [-0.4, -0.2) is 56.8 Å². The van der Waals surface area contributed by atoms with Gasteiger partial charge in [-0.1, -0.05) is 12.1 Å². The number of para-hydroxylation sites is 1. The number of hydrogen-bond donors (Lipinski definition) is 1. The fourth-order valence-corrected chi connectivity index (χ4v) is 6.41. The van der Waals surface area contributed by atoms with Crippen LogP contribution in [0.4, 0.5) is 10.5 Å². The van der Waals surface area contributed by atoms with Crippen molar-refractivity contribution >= 4 is 23.3 Å². The van der Waals surface area contributed by atoms with Crippen molar-refractivity contribution in [1.82, 2.24) is 5.06 Å². The Hall–Kier alpha value is -2.89. The zero-order valence-electron chi connectivity index (χ0n) is 22.1. The number of amides is 1. The summed E-state index contributed by atoms with van der Waals surface area (Å²) in [5, 5.41) is 22.6. The summed E-state index contributed by atoms with van der Waals surface area (Å²) >= 11 is 0. The molecule has 2 aliphatic carbocycles. The molecule has 208 valence electrons. The van der Waals surface area contributed by atoms with Gasteiger partial charge in [0.25, 0.3) is 5.69 Å². The van der Waals surface area contributed by atoms with E-state index in [1.807, 2.05) is 0 Å². The van der Waals surface area contributed by atoms with Crippen LogP contribution in [0.15, 0.2) is 24.3 Å². The van der Waals surface area contributed by atoms with Gasteiger partial charge in [-0.05, 0) is 64.9 Å². The molecule has 1 aromatic rings. The molecule has 4 rings (SSSR count). The van der Waals surface area contributed by atoms with E-state index < -0.39 is 33.9 Å². The van der Waals surface area contributed by atoms with Crippen LogP contribution < -0.4 is 0 Å². The van der Waals surface area contributed by atoms with Crippen LogP contribution in [0.1, 0.15) is 77.7 Å². The smallest absolute Gasteiger partial charge is 0.434 e. The van der Waals surface area contributed by atoms with Gasteiger partial charge in [-0.2, -0.15) is 5.06 Å². The van der Waals surface area contributed by atoms with Gasteiger partial charge in [0, 0.05) is 25.3 Å². The van der Waals surface area contributed by atoms with E-state index >= 15 is 0 Å². The number of nitrogens with zero attached hydrogens (tertiary/aromatic N) is 2. The van der Waals surface area contributed by atoms with E-state index in [2.05, 4.69) is 0 Å². The molecular formula is C27H36N2O9. The summed E-state index contributed by atoms with van der Waals surface area (Å²) in [5.74, 6) is -0.339. The molecule has 2 saturated carbocycles. The number of hydroxylamine groups is 2. The molecule has 1 aromatic carbocycles. The number of carbonyl (C=O) groups excluding carboxylic acids is 3. The third-order valence-electron chi connectivity index (χ3n) is 7.93. The van der Waals surface area contributed by atoms with Crippen LogP contribution in [-0.2, 0) is 30.5 Å². The fraction of sp³-hybridized carbons (Fsp3) is 0.667. The zero-order chi connectivity index (χ0) is 27.7. The first kappa shape index (κ1) is 28.1. The molecule has 1 unspecified atom stereocenters. The summed E-state index contributed by atoms with van der Waals surface area (Å²) in [6, 6.07) is 6.10. The van der Waals surface area contributed by atoms with Gasteiger partial charge in [0.2, 0.25) is 0 Å². The minimum atomic E-state index is -1.34. The molecular weight excluding hydrogens is 496 g/mol. The van der Waals surface area contributed by atoms with Crippen LogP contribution >= 0.6 is 0 Å². The number of aliphatic hydroxyl groups excluding tert-OH is 1. The van der Waals surface area contributed by atoms with Gasteiger partial charge in [-0.3, -0.25) is 24.5 Å². The van der Waals surface area contributed by atoms with Crippen LogP contribution in [0, 0.1) is 21.4 Å². The molecule has 0 radical (unpaired) electrons. The number of nitro benzene ring substituents is 1. The van der Waals surface area contributed by atoms with Crippen LogP contribution in [0.5, 0.6) is 0 Å². The Balaban J connectivity index is 1.54. The SMILES string of the molecule is CC(C)(C)OC(=O)N(CCC[C@]12C(=O)CCC[C@H]1CC(=O)[C@@]21CCC(O)O1)OCc1ccccc1[N+](=O)[O-]. The second kappa shape index (κ2) is 10.7. The first-order valence-electron chi connectivity index (χ1n) is 13.2. The molecule has 0 aromatic heterocycles. The summed E-state index contributed by atoms with van der Waals surface area (Å²) in [5.41, 5.74) is -3.04. The molecule has 1 saturated heterocycles. The van der Waals surface area contributed by atoms with Crippen LogP contribution in [0.2, 0.25) is 0 Å². The lowest BCUT2D eigenvalue weighted by Gasteiger charge is -2.46. The van der Waals surface area contributed by atoms with Crippen LogP contribution in [0.3, 0.4) is 0 Å². The summed E-state index contributed by atoms with van der Waals surface area (Å²) in [7, 11) is 0. The second-order valence-corrected chi connectivity index (χ2v) is 11.4. The molecule has 11 nitrogen and oxygen atoms in total. The highest BCUT2D eigenvalue weighted by atomic mass is 16.7. The number of fused-ring (bicyclic) bond motifs is 2. The number of rotatable bonds is 8. The summed E-state index contributed by atoms with van der Waals surface area (Å²) in [6.07, 6.45) is 1.32. The van der Waals surface area contributed by atoms with E-state index in [1.54, 1.807) is 39.0 Å². The third kappa shape index (κ3) is 5.19. The van der Waals surface area contributed by atoms with Crippen molar-refractivity contribution in [2.45, 2.75) is 96.2 Å². The summed E-state index contributed by atoms with van der Waals surface area (Å²) in [6.45, 7) is 4.94. The van der Waals surface area contributed by atoms with E-state index in [9.17, 15) is 29.6 Å². The maximum absolute atomic E-state index is 13.5. The molecule has 1 heterocycles. The summed E-state index contributed by atoms with van der Waals surface area (Å²) < 4.78 is 11.4. The Kier molecular flexibility index (Phi) is 7.92. The number of Topliss-reactive ketones (excluding diaryl/α,β-unsaturated/α-hetero) is 2. The fourth-order valence-electron chi connectivity index (χ4n) is 6.41. The van der Waals surface area contributed by atoms with E-state index in [4.69, 9.17) is 14.3 Å². The molecule has 4 atom stereocenters. The highest BCUT2D eigenvalue weighted by molar-refractivity contribution is 6.02. The second-order valence-electron chi connectivity index (χ2n) is 11.4. The van der Waals surface area contributed by atoms with Crippen molar-refractivity contribution in [3.05, 3.63) is 39.9 Å². The molecule has 1 spiro atoms. The Labute approximate surface area is 221 Å². The largest absolute Gasteiger partial charge is 0.442 e. The minimum Gasteiger partial charge on any atom is -0.442 e. The Bertz CT molecular complexity index is 1100. The first-order valence-corrected chi connectivity index (χ1v) is 13.2. The Morgan fingerprint density at radius 2 is 1.97 bits per heavy atom. The number of ether oxygens (including phenoxy) is 2. The number of benzene rings is 1. The maximum atomic E-state index is 13.5. The molecule has 1 N–H and O–H groups in total. The first-order chi connectivity index (χ1) is 17.9. The van der Waals surface area contributed by atoms with Gasteiger partial charge in [0.05, 0.1) is 22.4 Å². The monoisotopic (exact) mass is 532 g/mol.